The first-order valence-corrected chi connectivity index (χ1v) is 8.84. The van der Waals surface area contributed by atoms with Gasteiger partial charge in [-0.3, -0.25) is 14.5 Å². The van der Waals surface area contributed by atoms with E-state index < -0.39 is 5.97 Å². The van der Waals surface area contributed by atoms with Gasteiger partial charge >= 0.3 is 5.97 Å². The highest BCUT2D eigenvalue weighted by atomic mass is 16.4. The minimum atomic E-state index is -0.922. The van der Waals surface area contributed by atoms with Gasteiger partial charge in [-0.15, -0.1) is 0 Å². The number of hydrogen-bond donors (Lipinski definition) is 2. The Hall–Kier alpha value is -2.66. The number of aliphatic carboxylic acids is 1. The first kappa shape index (κ1) is 19.7. The Morgan fingerprint density at radius 2 is 1.50 bits per heavy atom. The van der Waals surface area contributed by atoms with Crippen LogP contribution in [0, 0.1) is 6.92 Å². The Bertz CT molecular complexity index is 724. The zero-order chi connectivity index (χ0) is 18.9. The molecule has 2 aromatic carbocycles. The van der Waals surface area contributed by atoms with E-state index in [2.05, 4.69) is 48.3 Å². The van der Waals surface area contributed by atoms with Crippen LogP contribution in [0.5, 0.6) is 0 Å². The molecule has 2 N–H and O–H groups in total. The van der Waals surface area contributed by atoms with Crippen molar-refractivity contribution in [3.8, 4) is 0 Å². The van der Waals surface area contributed by atoms with Crippen molar-refractivity contribution < 1.29 is 14.7 Å². The van der Waals surface area contributed by atoms with Gasteiger partial charge in [-0.1, -0.05) is 48.9 Å². The number of carbonyl (C=O) groups excluding carboxylic acids is 1. The second-order valence-corrected chi connectivity index (χ2v) is 6.39. The van der Waals surface area contributed by atoms with Crippen LogP contribution in [0.4, 0.5) is 0 Å². The summed E-state index contributed by atoms with van der Waals surface area (Å²) < 4.78 is 0. The van der Waals surface area contributed by atoms with E-state index in [9.17, 15) is 9.59 Å². The number of carboxylic acids is 1. The summed E-state index contributed by atoms with van der Waals surface area (Å²) in [6.45, 7) is 6.99. The van der Waals surface area contributed by atoms with E-state index in [0.717, 1.165) is 25.2 Å². The standard InChI is InChI=1S/C21H26N2O3/c1-3-23(14-17-6-4-16(2)5-7-17)15-18-8-10-19(11-9-18)21(26)22-13-12-20(24)25/h4-11H,3,12-15H2,1-2H3,(H,22,26)(H,24,25). The van der Waals surface area contributed by atoms with E-state index >= 15 is 0 Å². The van der Waals surface area contributed by atoms with Crippen molar-refractivity contribution in [2.45, 2.75) is 33.4 Å². The highest BCUT2D eigenvalue weighted by molar-refractivity contribution is 5.94. The molecule has 0 bridgehead atoms. The molecule has 26 heavy (non-hydrogen) atoms. The molecule has 0 aliphatic rings. The van der Waals surface area contributed by atoms with Crippen LogP contribution in [-0.4, -0.2) is 35.0 Å². The quantitative estimate of drug-likeness (QED) is 0.725. The lowest BCUT2D eigenvalue weighted by Crippen LogP contribution is -2.26. The fourth-order valence-electron chi connectivity index (χ4n) is 2.64. The molecule has 0 heterocycles. The van der Waals surface area contributed by atoms with Gasteiger partial charge in [0.05, 0.1) is 6.42 Å². The van der Waals surface area contributed by atoms with Crippen LogP contribution in [0.2, 0.25) is 0 Å². The topological polar surface area (TPSA) is 69.6 Å². The van der Waals surface area contributed by atoms with Crippen LogP contribution in [0.25, 0.3) is 0 Å². The van der Waals surface area contributed by atoms with Gasteiger partial charge in [0.25, 0.3) is 5.91 Å². The van der Waals surface area contributed by atoms with Gasteiger partial charge in [0.1, 0.15) is 0 Å². The number of nitrogens with one attached hydrogen (secondary N) is 1. The number of benzene rings is 2. The molecular weight excluding hydrogens is 328 g/mol. The maximum absolute atomic E-state index is 12.0. The highest BCUT2D eigenvalue weighted by Crippen LogP contribution is 2.12. The molecular formula is C21H26N2O3. The van der Waals surface area contributed by atoms with Crippen LogP contribution in [0.15, 0.2) is 48.5 Å². The van der Waals surface area contributed by atoms with E-state index in [1.165, 1.54) is 11.1 Å². The molecule has 0 saturated heterocycles. The van der Waals surface area contributed by atoms with Gasteiger partial charge in [0.2, 0.25) is 0 Å². The van der Waals surface area contributed by atoms with Gasteiger partial charge in [-0.05, 0) is 36.7 Å². The number of rotatable bonds is 9. The zero-order valence-corrected chi connectivity index (χ0v) is 15.4. The van der Waals surface area contributed by atoms with Crippen molar-refractivity contribution >= 4 is 11.9 Å². The van der Waals surface area contributed by atoms with Crippen LogP contribution < -0.4 is 5.32 Å². The maximum atomic E-state index is 12.0. The number of aryl methyl sites for hydroxylation is 1. The molecule has 0 fully saturated rings. The van der Waals surface area contributed by atoms with Gasteiger partial charge in [0.15, 0.2) is 0 Å². The smallest absolute Gasteiger partial charge is 0.305 e. The second-order valence-electron chi connectivity index (χ2n) is 6.39. The minimum absolute atomic E-state index is 0.0751. The van der Waals surface area contributed by atoms with Crippen LogP contribution in [-0.2, 0) is 17.9 Å². The van der Waals surface area contributed by atoms with E-state index in [1.54, 1.807) is 12.1 Å². The second kappa shape index (κ2) is 9.73. The summed E-state index contributed by atoms with van der Waals surface area (Å²) in [7, 11) is 0. The molecule has 5 nitrogen and oxygen atoms in total. The summed E-state index contributed by atoms with van der Waals surface area (Å²) in [4.78, 5) is 24.8. The molecule has 138 valence electrons. The average Bonchev–Trinajstić information content (AvgIpc) is 2.63. The van der Waals surface area contributed by atoms with E-state index in [-0.39, 0.29) is 18.9 Å². The van der Waals surface area contributed by atoms with Crippen LogP contribution in [0.3, 0.4) is 0 Å². The van der Waals surface area contributed by atoms with Crippen molar-refractivity contribution in [1.82, 2.24) is 10.2 Å². The van der Waals surface area contributed by atoms with Gasteiger partial charge < -0.3 is 10.4 Å². The van der Waals surface area contributed by atoms with Crippen molar-refractivity contribution in [2.24, 2.45) is 0 Å². The zero-order valence-electron chi connectivity index (χ0n) is 15.4. The summed E-state index contributed by atoms with van der Waals surface area (Å²) in [6, 6.07) is 16.0. The summed E-state index contributed by atoms with van der Waals surface area (Å²) in [5.74, 6) is -1.17. The number of carbonyl (C=O) groups is 2. The van der Waals surface area contributed by atoms with Crippen molar-refractivity contribution in [2.75, 3.05) is 13.1 Å². The molecule has 0 aliphatic carbocycles. The molecule has 5 heteroatoms. The van der Waals surface area contributed by atoms with E-state index in [0.29, 0.717) is 5.56 Å². The number of nitrogens with zero attached hydrogens (tertiary/aromatic N) is 1. The molecule has 2 rings (SSSR count). The Kier molecular flexibility index (Phi) is 7.36. The molecule has 0 spiro atoms. The molecule has 0 unspecified atom stereocenters. The van der Waals surface area contributed by atoms with Crippen molar-refractivity contribution in [3.63, 3.8) is 0 Å². The predicted molar refractivity (Wildman–Crippen MR) is 102 cm³/mol. The largest absolute Gasteiger partial charge is 0.481 e. The fourth-order valence-corrected chi connectivity index (χ4v) is 2.64. The highest BCUT2D eigenvalue weighted by Gasteiger charge is 2.08. The summed E-state index contributed by atoms with van der Waals surface area (Å²) in [5, 5.41) is 11.2. The van der Waals surface area contributed by atoms with Gasteiger partial charge in [0, 0.05) is 25.2 Å². The third-order valence-corrected chi connectivity index (χ3v) is 4.22. The predicted octanol–water partition coefficient (Wildman–Crippen LogP) is 3.22. The van der Waals surface area contributed by atoms with Gasteiger partial charge in [-0.25, -0.2) is 0 Å². The number of carboxylic acid groups (broad SMARTS) is 1. The van der Waals surface area contributed by atoms with E-state index in [1.807, 2.05) is 12.1 Å². The third kappa shape index (κ3) is 6.33. The van der Waals surface area contributed by atoms with Crippen LogP contribution >= 0.6 is 0 Å². The normalized spacial score (nSPS) is 10.7. The minimum Gasteiger partial charge on any atom is -0.481 e. The average molecular weight is 354 g/mol. The summed E-state index contributed by atoms with van der Waals surface area (Å²) in [5.41, 5.74) is 4.22. The Morgan fingerprint density at radius 3 is 2.00 bits per heavy atom. The molecule has 2 aromatic rings. The molecule has 0 aliphatic heterocycles. The lowest BCUT2D eigenvalue weighted by atomic mass is 10.1. The van der Waals surface area contributed by atoms with Gasteiger partial charge in [-0.2, -0.15) is 0 Å². The summed E-state index contributed by atoms with van der Waals surface area (Å²) in [6.07, 6.45) is -0.0751. The Morgan fingerprint density at radius 1 is 0.962 bits per heavy atom. The molecule has 0 radical (unpaired) electrons. The fraction of sp³-hybridized carbons (Fsp3) is 0.333. The maximum Gasteiger partial charge on any atom is 0.305 e. The number of amides is 1. The Balaban J connectivity index is 1.91. The van der Waals surface area contributed by atoms with Crippen molar-refractivity contribution in [3.05, 3.63) is 70.8 Å². The molecule has 0 atom stereocenters. The molecule has 0 saturated carbocycles. The van der Waals surface area contributed by atoms with Crippen LogP contribution in [0.1, 0.15) is 40.4 Å². The summed E-state index contributed by atoms with van der Waals surface area (Å²) >= 11 is 0. The lowest BCUT2D eigenvalue weighted by molar-refractivity contribution is -0.136. The first-order valence-electron chi connectivity index (χ1n) is 8.84. The molecule has 1 amide bonds. The third-order valence-electron chi connectivity index (χ3n) is 4.22. The lowest BCUT2D eigenvalue weighted by Gasteiger charge is -2.21. The SMILES string of the molecule is CCN(Cc1ccc(C)cc1)Cc1ccc(C(=O)NCCC(=O)O)cc1. The monoisotopic (exact) mass is 354 g/mol. The first-order chi connectivity index (χ1) is 12.5. The Labute approximate surface area is 154 Å². The van der Waals surface area contributed by atoms with E-state index in [4.69, 9.17) is 5.11 Å². The molecule has 0 aromatic heterocycles. The van der Waals surface area contributed by atoms with Crippen molar-refractivity contribution in [1.29, 1.82) is 0 Å². The number of hydrogen-bond acceptors (Lipinski definition) is 3.